The van der Waals surface area contributed by atoms with Crippen LogP contribution in [0.4, 0.5) is 5.69 Å². The first kappa shape index (κ1) is 22.5. The summed E-state index contributed by atoms with van der Waals surface area (Å²) < 4.78 is 11.4. The molecule has 1 amide bonds. The number of methoxy groups -OCH3 is 1. The summed E-state index contributed by atoms with van der Waals surface area (Å²) >= 11 is 0. The van der Waals surface area contributed by atoms with Gasteiger partial charge in [-0.1, -0.05) is 37.3 Å². The van der Waals surface area contributed by atoms with Crippen LogP contribution in [-0.2, 0) is 11.3 Å². The van der Waals surface area contributed by atoms with Crippen LogP contribution in [0.1, 0.15) is 42.6 Å². The SMILES string of the molecule is CCC(=O)N(CCC(c1ccco1)c1ccccc1OC)Cc1ccc(N(C)C)cc1. The van der Waals surface area contributed by atoms with E-state index >= 15 is 0 Å². The van der Waals surface area contributed by atoms with Gasteiger partial charge in [-0.05, 0) is 42.3 Å². The molecule has 0 bridgehead atoms. The first-order chi connectivity index (χ1) is 15.0. The van der Waals surface area contributed by atoms with E-state index in [1.807, 2.05) is 56.3 Å². The van der Waals surface area contributed by atoms with E-state index in [0.717, 1.165) is 34.7 Å². The van der Waals surface area contributed by atoms with Crippen LogP contribution in [0, 0.1) is 0 Å². The van der Waals surface area contributed by atoms with E-state index in [9.17, 15) is 4.79 Å². The Morgan fingerprint density at radius 2 is 1.77 bits per heavy atom. The van der Waals surface area contributed by atoms with Crippen molar-refractivity contribution in [3.05, 3.63) is 83.8 Å². The number of carbonyl (C=O) groups excluding carboxylic acids is 1. The number of para-hydroxylation sites is 1. The van der Waals surface area contributed by atoms with Crippen molar-refractivity contribution in [1.29, 1.82) is 0 Å². The predicted molar refractivity (Wildman–Crippen MR) is 125 cm³/mol. The number of hydrogen-bond acceptors (Lipinski definition) is 4. The second-order valence-corrected chi connectivity index (χ2v) is 7.83. The number of carbonyl (C=O) groups is 1. The maximum atomic E-state index is 12.7. The molecule has 0 saturated heterocycles. The summed E-state index contributed by atoms with van der Waals surface area (Å²) in [5, 5.41) is 0. The number of furan rings is 1. The number of nitrogens with zero attached hydrogens (tertiary/aromatic N) is 2. The van der Waals surface area contributed by atoms with Crippen molar-refractivity contribution in [2.75, 3.05) is 32.6 Å². The Balaban J connectivity index is 1.80. The van der Waals surface area contributed by atoms with Gasteiger partial charge in [-0.15, -0.1) is 0 Å². The maximum Gasteiger partial charge on any atom is 0.222 e. The summed E-state index contributed by atoms with van der Waals surface area (Å²) in [6, 6.07) is 20.3. The van der Waals surface area contributed by atoms with Gasteiger partial charge in [0.1, 0.15) is 11.5 Å². The molecule has 5 nitrogen and oxygen atoms in total. The van der Waals surface area contributed by atoms with Crippen LogP contribution < -0.4 is 9.64 Å². The zero-order chi connectivity index (χ0) is 22.2. The summed E-state index contributed by atoms with van der Waals surface area (Å²) in [6.45, 7) is 3.14. The van der Waals surface area contributed by atoms with Crippen molar-refractivity contribution in [1.82, 2.24) is 4.90 Å². The Hall–Kier alpha value is -3.21. The first-order valence-corrected chi connectivity index (χ1v) is 10.7. The zero-order valence-corrected chi connectivity index (χ0v) is 18.9. The van der Waals surface area contributed by atoms with Crippen molar-refractivity contribution in [3.63, 3.8) is 0 Å². The molecule has 0 fully saturated rings. The van der Waals surface area contributed by atoms with Crippen molar-refractivity contribution in [3.8, 4) is 5.75 Å². The Morgan fingerprint density at radius 1 is 1.03 bits per heavy atom. The molecule has 3 rings (SSSR count). The molecular weight excluding hydrogens is 388 g/mol. The number of rotatable bonds is 10. The molecule has 1 atom stereocenters. The third-order valence-corrected chi connectivity index (χ3v) is 5.57. The molecule has 1 heterocycles. The fourth-order valence-corrected chi connectivity index (χ4v) is 3.82. The lowest BCUT2D eigenvalue weighted by atomic mass is 9.92. The normalized spacial score (nSPS) is 11.7. The average molecular weight is 421 g/mol. The van der Waals surface area contributed by atoms with E-state index in [0.29, 0.717) is 19.5 Å². The van der Waals surface area contributed by atoms with Crippen molar-refractivity contribution >= 4 is 11.6 Å². The Morgan fingerprint density at radius 3 is 2.39 bits per heavy atom. The molecule has 0 spiro atoms. The van der Waals surface area contributed by atoms with E-state index in [-0.39, 0.29) is 11.8 Å². The van der Waals surface area contributed by atoms with Crippen molar-refractivity contribution < 1.29 is 13.9 Å². The molecule has 0 saturated carbocycles. The van der Waals surface area contributed by atoms with Crippen molar-refractivity contribution in [2.45, 2.75) is 32.2 Å². The molecule has 31 heavy (non-hydrogen) atoms. The van der Waals surface area contributed by atoms with E-state index in [1.165, 1.54) is 0 Å². The highest BCUT2D eigenvalue weighted by Gasteiger charge is 2.23. The first-order valence-electron chi connectivity index (χ1n) is 10.7. The smallest absolute Gasteiger partial charge is 0.222 e. The summed E-state index contributed by atoms with van der Waals surface area (Å²) in [5.41, 5.74) is 3.34. The summed E-state index contributed by atoms with van der Waals surface area (Å²) in [5.74, 6) is 1.87. The van der Waals surface area contributed by atoms with Gasteiger partial charge in [0, 0.05) is 50.8 Å². The Kier molecular flexibility index (Phi) is 7.76. The van der Waals surface area contributed by atoms with E-state index in [4.69, 9.17) is 9.15 Å². The second kappa shape index (κ2) is 10.7. The Bertz CT molecular complexity index is 949. The number of benzene rings is 2. The lowest BCUT2D eigenvalue weighted by molar-refractivity contribution is -0.131. The van der Waals surface area contributed by atoms with Crippen LogP contribution in [0.2, 0.25) is 0 Å². The molecule has 3 aromatic rings. The molecule has 0 N–H and O–H groups in total. The second-order valence-electron chi connectivity index (χ2n) is 7.83. The van der Waals surface area contributed by atoms with Gasteiger partial charge in [0.15, 0.2) is 0 Å². The largest absolute Gasteiger partial charge is 0.496 e. The molecule has 0 aliphatic carbocycles. The van der Waals surface area contributed by atoms with Crippen LogP contribution in [0.15, 0.2) is 71.3 Å². The molecule has 1 unspecified atom stereocenters. The highest BCUT2D eigenvalue weighted by molar-refractivity contribution is 5.75. The lowest BCUT2D eigenvalue weighted by Gasteiger charge is -2.26. The van der Waals surface area contributed by atoms with Crippen LogP contribution in [0.25, 0.3) is 0 Å². The molecule has 164 valence electrons. The van der Waals surface area contributed by atoms with Crippen LogP contribution >= 0.6 is 0 Å². The van der Waals surface area contributed by atoms with E-state index < -0.39 is 0 Å². The van der Waals surface area contributed by atoms with Gasteiger partial charge in [0.25, 0.3) is 0 Å². The summed E-state index contributed by atoms with van der Waals surface area (Å²) in [6.07, 6.45) is 2.92. The number of amides is 1. The third kappa shape index (κ3) is 5.69. The molecular formula is C26H32N2O3. The quantitative estimate of drug-likeness (QED) is 0.446. The van der Waals surface area contributed by atoms with Gasteiger partial charge in [-0.25, -0.2) is 0 Å². The summed E-state index contributed by atoms with van der Waals surface area (Å²) in [4.78, 5) is 16.7. The molecule has 0 aliphatic rings. The van der Waals surface area contributed by atoms with E-state index in [2.05, 4.69) is 35.2 Å². The number of anilines is 1. The maximum absolute atomic E-state index is 12.7. The minimum absolute atomic E-state index is 0.00873. The topological polar surface area (TPSA) is 45.9 Å². The highest BCUT2D eigenvalue weighted by atomic mass is 16.5. The van der Waals surface area contributed by atoms with E-state index in [1.54, 1.807) is 13.4 Å². The van der Waals surface area contributed by atoms with Gasteiger partial charge < -0.3 is 19.0 Å². The van der Waals surface area contributed by atoms with Crippen LogP contribution in [0.5, 0.6) is 5.75 Å². The molecule has 1 aromatic heterocycles. The molecule has 5 heteroatoms. The fraction of sp³-hybridized carbons (Fsp3) is 0.346. The predicted octanol–water partition coefficient (Wildman–Crippen LogP) is 5.32. The van der Waals surface area contributed by atoms with Crippen LogP contribution in [-0.4, -0.2) is 38.6 Å². The third-order valence-electron chi connectivity index (χ3n) is 5.57. The Labute approximate surface area is 185 Å². The number of hydrogen-bond donors (Lipinski definition) is 0. The minimum Gasteiger partial charge on any atom is -0.496 e. The van der Waals surface area contributed by atoms with Gasteiger partial charge >= 0.3 is 0 Å². The lowest BCUT2D eigenvalue weighted by Crippen LogP contribution is -2.31. The molecule has 0 radical (unpaired) electrons. The molecule has 0 aliphatic heterocycles. The van der Waals surface area contributed by atoms with Gasteiger partial charge in [-0.2, -0.15) is 0 Å². The van der Waals surface area contributed by atoms with Gasteiger partial charge in [-0.3, -0.25) is 4.79 Å². The highest BCUT2D eigenvalue weighted by Crippen LogP contribution is 2.35. The number of ether oxygens (including phenoxy) is 1. The van der Waals surface area contributed by atoms with Gasteiger partial charge in [0.2, 0.25) is 5.91 Å². The van der Waals surface area contributed by atoms with Crippen LogP contribution in [0.3, 0.4) is 0 Å². The average Bonchev–Trinajstić information content (AvgIpc) is 3.33. The van der Waals surface area contributed by atoms with Crippen molar-refractivity contribution in [2.24, 2.45) is 0 Å². The fourth-order valence-electron chi connectivity index (χ4n) is 3.82. The monoisotopic (exact) mass is 420 g/mol. The zero-order valence-electron chi connectivity index (χ0n) is 18.9. The summed E-state index contributed by atoms with van der Waals surface area (Å²) in [7, 11) is 5.73. The standard InChI is InChI=1S/C26H32N2O3/c1-5-26(29)28(19-20-12-14-21(15-13-20)27(2)3)17-16-23(25-11-8-18-31-25)22-9-6-7-10-24(22)30-4/h6-15,18,23H,5,16-17,19H2,1-4H3. The minimum atomic E-state index is 0.00873. The van der Waals surface area contributed by atoms with Gasteiger partial charge in [0.05, 0.1) is 13.4 Å². The molecule has 2 aromatic carbocycles.